The average molecular weight is 228 g/mol. The number of carboxylic acids is 1. The molecule has 0 fully saturated rings. The molecule has 0 heterocycles. The van der Waals surface area contributed by atoms with Crippen LogP contribution in [0.1, 0.15) is 27.2 Å². The molecule has 2 amide bonds. The maximum absolute atomic E-state index is 11.8. The van der Waals surface area contributed by atoms with E-state index in [9.17, 15) is 9.59 Å². The molecule has 5 nitrogen and oxygen atoms in total. The first-order chi connectivity index (χ1) is 7.43. The van der Waals surface area contributed by atoms with Gasteiger partial charge in [-0.15, -0.1) is 6.58 Å². The molecule has 0 aliphatic heterocycles. The zero-order valence-electron chi connectivity index (χ0n) is 10.1. The number of nitrogens with one attached hydrogen (secondary N) is 1. The van der Waals surface area contributed by atoms with E-state index in [4.69, 9.17) is 5.11 Å². The van der Waals surface area contributed by atoms with Gasteiger partial charge in [-0.05, 0) is 20.3 Å². The van der Waals surface area contributed by atoms with Crippen LogP contribution in [-0.2, 0) is 4.79 Å². The number of urea groups is 1. The Morgan fingerprint density at radius 2 is 2.06 bits per heavy atom. The molecule has 2 N–H and O–H groups in total. The van der Waals surface area contributed by atoms with Gasteiger partial charge >= 0.3 is 12.0 Å². The molecule has 0 aromatic heterocycles. The predicted octanol–water partition coefficient (Wildman–Crippen LogP) is 1.46. The highest BCUT2D eigenvalue weighted by atomic mass is 16.4. The van der Waals surface area contributed by atoms with Gasteiger partial charge < -0.3 is 15.3 Å². The third-order valence-electron chi connectivity index (χ3n) is 2.21. The van der Waals surface area contributed by atoms with Gasteiger partial charge in [0.05, 0.1) is 0 Å². The van der Waals surface area contributed by atoms with Crippen molar-refractivity contribution in [2.75, 3.05) is 6.54 Å². The van der Waals surface area contributed by atoms with E-state index in [1.807, 2.05) is 13.8 Å². The van der Waals surface area contributed by atoms with Crippen molar-refractivity contribution in [3.05, 3.63) is 12.7 Å². The Hall–Kier alpha value is -1.52. The number of hydrogen-bond acceptors (Lipinski definition) is 2. The van der Waals surface area contributed by atoms with Crippen molar-refractivity contribution >= 4 is 12.0 Å². The lowest BCUT2D eigenvalue weighted by molar-refractivity contribution is -0.139. The number of carbonyl (C=O) groups is 2. The minimum atomic E-state index is -1.02. The van der Waals surface area contributed by atoms with Gasteiger partial charge in [-0.1, -0.05) is 13.0 Å². The maximum atomic E-state index is 11.8. The highest BCUT2D eigenvalue weighted by Gasteiger charge is 2.22. The summed E-state index contributed by atoms with van der Waals surface area (Å²) in [5.74, 6) is -1.02. The summed E-state index contributed by atoms with van der Waals surface area (Å²) in [6.07, 6.45) is 1.97. The van der Waals surface area contributed by atoms with Crippen molar-refractivity contribution in [2.24, 2.45) is 0 Å². The van der Waals surface area contributed by atoms with Crippen molar-refractivity contribution in [3.8, 4) is 0 Å². The second-order valence-corrected chi connectivity index (χ2v) is 3.78. The van der Waals surface area contributed by atoms with Gasteiger partial charge in [0, 0.05) is 12.6 Å². The maximum Gasteiger partial charge on any atom is 0.326 e. The summed E-state index contributed by atoms with van der Waals surface area (Å²) in [6.45, 7) is 9.41. The summed E-state index contributed by atoms with van der Waals surface area (Å²) in [5.41, 5.74) is 0. The van der Waals surface area contributed by atoms with Crippen LogP contribution in [0.5, 0.6) is 0 Å². The topological polar surface area (TPSA) is 69.6 Å². The second-order valence-electron chi connectivity index (χ2n) is 3.78. The summed E-state index contributed by atoms with van der Waals surface area (Å²) in [5, 5.41) is 11.3. The van der Waals surface area contributed by atoms with Crippen LogP contribution < -0.4 is 5.32 Å². The Morgan fingerprint density at radius 3 is 2.38 bits per heavy atom. The van der Waals surface area contributed by atoms with E-state index in [0.717, 1.165) is 0 Å². The van der Waals surface area contributed by atoms with Crippen LogP contribution in [0.4, 0.5) is 4.79 Å². The fourth-order valence-electron chi connectivity index (χ4n) is 1.24. The first-order valence-electron chi connectivity index (χ1n) is 5.34. The Kier molecular flexibility index (Phi) is 6.22. The lowest BCUT2D eigenvalue weighted by atomic mass is 10.2. The number of hydrogen-bond donors (Lipinski definition) is 2. The molecule has 0 spiro atoms. The van der Waals surface area contributed by atoms with Crippen molar-refractivity contribution in [2.45, 2.75) is 39.3 Å². The summed E-state index contributed by atoms with van der Waals surface area (Å²) in [4.78, 5) is 24.0. The second kappa shape index (κ2) is 6.87. The van der Waals surface area contributed by atoms with Gasteiger partial charge in [0.15, 0.2) is 0 Å². The zero-order valence-corrected chi connectivity index (χ0v) is 10.1. The Morgan fingerprint density at radius 1 is 1.50 bits per heavy atom. The van der Waals surface area contributed by atoms with Gasteiger partial charge in [0.25, 0.3) is 0 Å². The number of rotatable bonds is 6. The zero-order chi connectivity index (χ0) is 12.7. The van der Waals surface area contributed by atoms with Gasteiger partial charge in [-0.25, -0.2) is 9.59 Å². The molecule has 16 heavy (non-hydrogen) atoms. The van der Waals surface area contributed by atoms with Crippen molar-refractivity contribution in [1.82, 2.24) is 10.2 Å². The third kappa shape index (κ3) is 4.33. The summed E-state index contributed by atoms with van der Waals surface area (Å²) < 4.78 is 0. The molecule has 0 unspecified atom stereocenters. The van der Waals surface area contributed by atoms with E-state index in [1.54, 1.807) is 13.0 Å². The van der Waals surface area contributed by atoms with Crippen LogP contribution in [0.15, 0.2) is 12.7 Å². The van der Waals surface area contributed by atoms with Gasteiger partial charge in [-0.2, -0.15) is 0 Å². The molecule has 0 rings (SSSR count). The van der Waals surface area contributed by atoms with Crippen molar-refractivity contribution in [3.63, 3.8) is 0 Å². The highest BCUT2D eigenvalue weighted by Crippen LogP contribution is 2.01. The number of carbonyl (C=O) groups excluding carboxylic acids is 1. The van der Waals surface area contributed by atoms with Crippen LogP contribution in [0.3, 0.4) is 0 Å². The number of amides is 2. The quantitative estimate of drug-likeness (QED) is 0.676. The van der Waals surface area contributed by atoms with E-state index >= 15 is 0 Å². The monoisotopic (exact) mass is 228 g/mol. The highest BCUT2D eigenvalue weighted by molar-refractivity contribution is 5.82. The minimum absolute atomic E-state index is 0.00398. The molecule has 92 valence electrons. The molecule has 0 aromatic carbocycles. The molecule has 0 saturated carbocycles. The standard InChI is InChI=1S/C11H20N2O3/c1-5-7-13(8(3)4)11(16)12-9(6-2)10(14)15/h5,8-9H,1,6-7H2,2-4H3,(H,12,16)(H,14,15)/t9-/m1/s1. The predicted molar refractivity (Wildman–Crippen MR) is 62.3 cm³/mol. The van der Waals surface area contributed by atoms with Crippen LogP contribution in [0, 0.1) is 0 Å². The molecule has 0 aromatic rings. The van der Waals surface area contributed by atoms with Crippen LogP contribution >= 0.6 is 0 Å². The molecule has 0 bridgehead atoms. The van der Waals surface area contributed by atoms with Crippen molar-refractivity contribution < 1.29 is 14.7 Å². The van der Waals surface area contributed by atoms with E-state index in [2.05, 4.69) is 11.9 Å². The molecule has 0 aliphatic carbocycles. The van der Waals surface area contributed by atoms with E-state index in [-0.39, 0.29) is 12.1 Å². The van der Waals surface area contributed by atoms with Gasteiger partial charge in [0.2, 0.25) is 0 Å². The molecule has 0 saturated heterocycles. The largest absolute Gasteiger partial charge is 0.480 e. The average Bonchev–Trinajstić information content (AvgIpc) is 2.21. The lowest BCUT2D eigenvalue weighted by Gasteiger charge is -2.27. The molecule has 5 heteroatoms. The fourth-order valence-corrected chi connectivity index (χ4v) is 1.24. The Balaban J connectivity index is 4.50. The van der Waals surface area contributed by atoms with Gasteiger partial charge in [0.1, 0.15) is 6.04 Å². The lowest BCUT2D eigenvalue weighted by Crippen LogP contribution is -2.50. The minimum Gasteiger partial charge on any atom is -0.480 e. The van der Waals surface area contributed by atoms with Gasteiger partial charge in [-0.3, -0.25) is 0 Å². The Labute approximate surface area is 96.1 Å². The number of carboxylic acid groups (broad SMARTS) is 1. The van der Waals surface area contributed by atoms with E-state index in [1.165, 1.54) is 4.90 Å². The van der Waals surface area contributed by atoms with E-state index in [0.29, 0.717) is 13.0 Å². The van der Waals surface area contributed by atoms with Crippen LogP contribution in [-0.4, -0.2) is 40.6 Å². The molecule has 1 atom stereocenters. The molecular formula is C11H20N2O3. The third-order valence-corrected chi connectivity index (χ3v) is 2.21. The molecule has 0 radical (unpaired) electrons. The summed E-state index contributed by atoms with van der Waals surface area (Å²) in [6, 6.07) is -1.20. The first-order valence-corrected chi connectivity index (χ1v) is 5.34. The van der Waals surface area contributed by atoms with Crippen LogP contribution in [0.25, 0.3) is 0 Å². The smallest absolute Gasteiger partial charge is 0.326 e. The van der Waals surface area contributed by atoms with Crippen molar-refractivity contribution in [1.29, 1.82) is 0 Å². The number of nitrogens with zero attached hydrogens (tertiary/aromatic N) is 1. The SMILES string of the molecule is C=CCN(C(=O)N[C@H](CC)C(=O)O)C(C)C. The molecular weight excluding hydrogens is 208 g/mol. The fraction of sp³-hybridized carbons (Fsp3) is 0.636. The summed E-state index contributed by atoms with van der Waals surface area (Å²) >= 11 is 0. The Bertz CT molecular complexity index is 264. The summed E-state index contributed by atoms with van der Waals surface area (Å²) in [7, 11) is 0. The normalized spacial score (nSPS) is 12.0. The van der Waals surface area contributed by atoms with Crippen LogP contribution in [0.2, 0.25) is 0 Å². The van der Waals surface area contributed by atoms with E-state index < -0.39 is 12.0 Å². The first kappa shape index (κ1) is 14.5. The number of aliphatic carboxylic acids is 1. The molecule has 0 aliphatic rings.